The highest BCUT2D eigenvalue weighted by Gasteiger charge is 2.44. The zero-order valence-corrected chi connectivity index (χ0v) is 12.9. The van der Waals surface area contributed by atoms with Crippen LogP contribution < -0.4 is 5.56 Å². The molecule has 1 amide bonds. The van der Waals surface area contributed by atoms with E-state index in [1.807, 2.05) is 11.1 Å². The van der Waals surface area contributed by atoms with Crippen LogP contribution in [0.2, 0.25) is 0 Å². The standard InChI is InChI=1S/C16H20N4O3/c21-13-8-12(23-19-13)2-3-14(22)20-7-1-5-16(10-20)6-4-11-9-17-18-15(11)16/h8-9H,1-7,10H2,(H,17,18)(H,19,21). The molecule has 0 saturated carbocycles. The van der Waals surface area contributed by atoms with Gasteiger partial charge in [0.1, 0.15) is 5.76 Å². The van der Waals surface area contributed by atoms with Gasteiger partial charge in [-0.05, 0) is 31.2 Å². The SMILES string of the molecule is O=C(CCc1cc(=O)[nH]o1)N1CCCC2(CCc3cn[nH]c32)C1. The molecule has 1 unspecified atom stereocenters. The molecule has 2 N–H and O–H groups in total. The Morgan fingerprint density at radius 1 is 1.43 bits per heavy atom. The van der Waals surface area contributed by atoms with Crippen molar-refractivity contribution in [2.24, 2.45) is 0 Å². The number of carbonyl (C=O) groups is 1. The minimum absolute atomic E-state index is 0.0559. The summed E-state index contributed by atoms with van der Waals surface area (Å²) in [4.78, 5) is 25.5. The number of carbonyl (C=O) groups excluding carboxylic acids is 1. The lowest BCUT2D eigenvalue weighted by Crippen LogP contribution is -2.47. The molecule has 7 heteroatoms. The normalized spacial score (nSPS) is 23.4. The van der Waals surface area contributed by atoms with E-state index >= 15 is 0 Å². The van der Waals surface area contributed by atoms with Gasteiger partial charge in [-0.15, -0.1) is 0 Å². The minimum Gasteiger partial charge on any atom is -0.384 e. The van der Waals surface area contributed by atoms with Crippen molar-refractivity contribution in [1.29, 1.82) is 0 Å². The molecule has 2 aromatic rings. The van der Waals surface area contributed by atoms with Gasteiger partial charge in [0.15, 0.2) is 0 Å². The highest BCUT2D eigenvalue weighted by Crippen LogP contribution is 2.43. The van der Waals surface area contributed by atoms with Crippen molar-refractivity contribution >= 4 is 5.91 Å². The maximum atomic E-state index is 12.5. The van der Waals surface area contributed by atoms with E-state index in [-0.39, 0.29) is 16.9 Å². The van der Waals surface area contributed by atoms with Crippen LogP contribution in [0.5, 0.6) is 0 Å². The highest BCUT2D eigenvalue weighted by molar-refractivity contribution is 5.76. The lowest BCUT2D eigenvalue weighted by molar-refractivity contribution is -0.133. The maximum Gasteiger partial charge on any atom is 0.280 e. The summed E-state index contributed by atoms with van der Waals surface area (Å²) in [6.45, 7) is 1.57. The van der Waals surface area contributed by atoms with Gasteiger partial charge < -0.3 is 9.42 Å². The summed E-state index contributed by atoms with van der Waals surface area (Å²) in [5.41, 5.74) is 2.32. The zero-order valence-electron chi connectivity index (χ0n) is 12.9. The van der Waals surface area contributed by atoms with Crippen molar-refractivity contribution in [2.45, 2.75) is 43.9 Å². The van der Waals surface area contributed by atoms with Crippen molar-refractivity contribution in [1.82, 2.24) is 20.3 Å². The molecule has 4 rings (SSSR count). The monoisotopic (exact) mass is 316 g/mol. The van der Waals surface area contributed by atoms with Crippen molar-refractivity contribution in [2.75, 3.05) is 13.1 Å². The van der Waals surface area contributed by atoms with E-state index < -0.39 is 0 Å². The Kier molecular flexibility index (Phi) is 3.36. The van der Waals surface area contributed by atoms with Crippen molar-refractivity contribution in [3.63, 3.8) is 0 Å². The molecular formula is C16H20N4O3. The van der Waals surface area contributed by atoms with Gasteiger partial charge in [-0.25, -0.2) is 0 Å². The molecule has 23 heavy (non-hydrogen) atoms. The van der Waals surface area contributed by atoms with E-state index in [4.69, 9.17) is 4.52 Å². The molecule has 7 nitrogen and oxygen atoms in total. The smallest absolute Gasteiger partial charge is 0.280 e. The van der Waals surface area contributed by atoms with Crippen LogP contribution in [0.1, 0.15) is 42.7 Å². The van der Waals surface area contributed by atoms with Crippen LogP contribution in [0.3, 0.4) is 0 Å². The Labute approximate surface area is 133 Å². The summed E-state index contributed by atoms with van der Waals surface area (Å²) in [6, 6.07) is 1.40. The molecule has 3 heterocycles. The van der Waals surface area contributed by atoms with E-state index in [0.29, 0.717) is 18.6 Å². The number of nitrogens with one attached hydrogen (secondary N) is 2. The van der Waals surface area contributed by atoms with Crippen LogP contribution in [0.15, 0.2) is 21.6 Å². The minimum atomic E-state index is -0.262. The van der Waals surface area contributed by atoms with Gasteiger partial charge in [-0.2, -0.15) is 10.3 Å². The van der Waals surface area contributed by atoms with Gasteiger partial charge in [0.05, 0.1) is 6.20 Å². The number of hydrogen-bond acceptors (Lipinski definition) is 4. The molecule has 122 valence electrons. The number of fused-ring (bicyclic) bond motifs is 2. The van der Waals surface area contributed by atoms with Gasteiger partial charge in [-0.3, -0.25) is 14.7 Å². The molecule has 1 aliphatic carbocycles. The van der Waals surface area contributed by atoms with Crippen LogP contribution in [-0.4, -0.2) is 39.3 Å². The van der Waals surface area contributed by atoms with Crippen LogP contribution in [-0.2, 0) is 23.1 Å². The molecule has 0 aromatic carbocycles. The third-order valence-corrected chi connectivity index (χ3v) is 5.21. The Balaban J connectivity index is 1.43. The van der Waals surface area contributed by atoms with E-state index in [0.717, 1.165) is 38.8 Å². The molecule has 0 radical (unpaired) electrons. The largest absolute Gasteiger partial charge is 0.384 e. The number of aromatic amines is 2. The third kappa shape index (κ3) is 2.50. The first-order valence-corrected chi connectivity index (χ1v) is 8.14. The number of rotatable bonds is 3. The number of nitrogens with zero attached hydrogens (tertiary/aromatic N) is 2. The van der Waals surface area contributed by atoms with Gasteiger partial charge >= 0.3 is 0 Å². The lowest BCUT2D eigenvalue weighted by Gasteiger charge is -2.40. The average molecular weight is 316 g/mol. The average Bonchev–Trinajstić information content (AvgIpc) is 3.25. The summed E-state index contributed by atoms with van der Waals surface area (Å²) < 4.78 is 5.01. The predicted octanol–water partition coefficient (Wildman–Crippen LogP) is 1.13. The Morgan fingerprint density at radius 2 is 2.35 bits per heavy atom. The molecule has 0 bridgehead atoms. The number of amides is 1. The fourth-order valence-corrected chi connectivity index (χ4v) is 4.04. The molecule has 1 saturated heterocycles. The second-order valence-electron chi connectivity index (χ2n) is 6.65. The van der Waals surface area contributed by atoms with E-state index in [2.05, 4.69) is 15.4 Å². The van der Waals surface area contributed by atoms with Crippen LogP contribution in [0, 0.1) is 0 Å². The van der Waals surface area contributed by atoms with Crippen LogP contribution in [0.4, 0.5) is 0 Å². The number of piperidine rings is 1. The first kappa shape index (κ1) is 14.3. The number of likely N-dealkylation sites (tertiary alicyclic amines) is 1. The summed E-state index contributed by atoms with van der Waals surface area (Å²) in [5, 5.41) is 9.58. The van der Waals surface area contributed by atoms with Gasteiger partial charge in [0.2, 0.25) is 5.91 Å². The molecule has 1 spiro atoms. The molecule has 2 aromatic heterocycles. The number of H-pyrrole nitrogens is 2. The van der Waals surface area contributed by atoms with Crippen molar-refractivity contribution in [3.05, 3.63) is 39.6 Å². The van der Waals surface area contributed by atoms with Gasteiger partial charge in [0.25, 0.3) is 5.56 Å². The second kappa shape index (κ2) is 5.40. The topological polar surface area (TPSA) is 95.0 Å². The van der Waals surface area contributed by atoms with E-state index in [1.165, 1.54) is 17.3 Å². The van der Waals surface area contributed by atoms with Crippen LogP contribution in [0.25, 0.3) is 0 Å². The predicted molar refractivity (Wildman–Crippen MR) is 82.1 cm³/mol. The fraction of sp³-hybridized carbons (Fsp3) is 0.562. The first-order chi connectivity index (χ1) is 11.2. The van der Waals surface area contributed by atoms with E-state index in [9.17, 15) is 9.59 Å². The van der Waals surface area contributed by atoms with Crippen molar-refractivity contribution in [3.8, 4) is 0 Å². The van der Waals surface area contributed by atoms with E-state index in [1.54, 1.807) is 0 Å². The molecule has 1 fully saturated rings. The number of aryl methyl sites for hydroxylation is 2. The zero-order chi connectivity index (χ0) is 15.9. The number of hydrogen-bond donors (Lipinski definition) is 2. The summed E-state index contributed by atoms with van der Waals surface area (Å²) in [7, 11) is 0. The molecule has 1 atom stereocenters. The molecular weight excluding hydrogens is 296 g/mol. The Bertz CT molecular complexity index is 774. The van der Waals surface area contributed by atoms with Crippen molar-refractivity contribution < 1.29 is 9.32 Å². The third-order valence-electron chi connectivity index (χ3n) is 5.21. The second-order valence-corrected chi connectivity index (χ2v) is 6.65. The first-order valence-electron chi connectivity index (χ1n) is 8.14. The molecule has 1 aliphatic heterocycles. The Morgan fingerprint density at radius 3 is 3.17 bits per heavy atom. The van der Waals surface area contributed by atoms with Gasteiger partial charge in [0, 0.05) is 43.1 Å². The summed E-state index contributed by atoms with van der Waals surface area (Å²) in [6.07, 6.45) is 7.00. The van der Waals surface area contributed by atoms with Gasteiger partial charge in [-0.1, -0.05) is 0 Å². The summed E-state index contributed by atoms with van der Waals surface area (Å²) >= 11 is 0. The molecule has 2 aliphatic rings. The highest BCUT2D eigenvalue weighted by atomic mass is 16.5. The maximum absolute atomic E-state index is 12.5. The number of aromatic nitrogens is 3. The van der Waals surface area contributed by atoms with Crippen LogP contribution >= 0.6 is 0 Å². The quantitative estimate of drug-likeness (QED) is 0.887. The lowest BCUT2D eigenvalue weighted by atomic mass is 9.77. The summed E-state index contributed by atoms with van der Waals surface area (Å²) in [5.74, 6) is 0.660. The fourth-order valence-electron chi connectivity index (χ4n) is 4.04. The Hall–Kier alpha value is -2.31.